The smallest absolute Gasteiger partial charge is 0.00745 e. The van der Waals surface area contributed by atoms with E-state index in [0.29, 0.717) is 0 Å². The minimum atomic E-state index is 0.767. The molecule has 0 radical (unpaired) electrons. The van der Waals surface area contributed by atoms with Gasteiger partial charge in [0, 0.05) is 13.1 Å². The van der Waals surface area contributed by atoms with Crippen molar-refractivity contribution in [3.05, 3.63) is 0 Å². The van der Waals surface area contributed by atoms with E-state index in [0.717, 1.165) is 25.6 Å². The SMILES string of the molecule is NCCNCCCC1CCCC1. The van der Waals surface area contributed by atoms with Gasteiger partial charge in [0.05, 0.1) is 0 Å². The molecular formula is C10H22N2. The van der Waals surface area contributed by atoms with Gasteiger partial charge in [-0.1, -0.05) is 25.7 Å². The summed E-state index contributed by atoms with van der Waals surface area (Å²) in [5.74, 6) is 1.05. The van der Waals surface area contributed by atoms with Crippen LogP contribution in [0, 0.1) is 5.92 Å². The first-order valence-corrected chi connectivity index (χ1v) is 5.34. The van der Waals surface area contributed by atoms with Crippen LogP contribution in [0.3, 0.4) is 0 Å². The van der Waals surface area contributed by atoms with Crippen molar-refractivity contribution in [2.45, 2.75) is 38.5 Å². The zero-order chi connectivity index (χ0) is 8.65. The fourth-order valence-corrected chi connectivity index (χ4v) is 2.04. The lowest BCUT2D eigenvalue weighted by Crippen LogP contribution is -2.23. The van der Waals surface area contributed by atoms with Gasteiger partial charge in [0.25, 0.3) is 0 Å². The van der Waals surface area contributed by atoms with Crippen LogP contribution in [0.1, 0.15) is 38.5 Å². The van der Waals surface area contributed by atoms with Gasteiger partial charge >= 0.3 is 0 Å². The van der Waals surface area contributed by atoms with Crippen LogP contribution in [0.2, 0.25) is 0 Å². The van der Waals surface area contributed by atoms with E-state index in [1.807, 2.05) is 0 Å². The standard InChI is InChI=1S/C10H22N2/c11-7-9-12-8-3-6-10-4-1-2-5-10/h10,12H,1-9,11H2. The topological polar surface area (TPSA) is 38.0 Å². The molecule has 1 aliphatic carbocycles. The second kappa shape index (κ2) is 6.44. The molecule has 3 N–H and O–H groups in total. The van der Waals surface area contributed by atoms with Crippen molar-refractivity contribution in [3.8, 4) is 0 Å². The van der Waals surface area contributed by atoms with Crippen LogP contribution in [-0.4, -0.2) is 19.6 Å². The number of hydrogen-bond acceptors (Lipinski definition) is 2. The summed E-state index contributed by atoms with van der Waals surface area (Å²) in [6.07, 6.45) is 8.68. The lowest BCUT2D eigenvalue weighted by atomic mass is 10.0. The van der Waals surface area contributed by atoms with Crippen molar-refractivity contribution in [3.63, 3.8) is 0 Å². The second-order valence-electron chi connectivity index (χ2n) is 3.83. The Bertz CT molecular complexity index is 98.0. The van der Waals surface area contributed by atoms with Crippen molar-refractivity contribution in [1.82, 2.24) is 5.32 Å². The first-order chi connectivity index (χ1) is 5.93. The Kier molecular flexibility index (Phi) is 5.37. The van der Waals surface area contributed by atoms with Gasteiger partial charge < -0.3 is 11.1 Å². The largest absolute Gasteiger partial charge is 0.329 e. The molecule has 12 heavy (non-hydrogen) atoms. The Balaban J connectivity index is 1.81. The van der Waals surface area contributed by atoms with E-state index in [9.17, 15) is 0 Å². The fourth-order valence-electron chi connectivity index (χ4n) is 2.04. The van der Waals surface area contributed by atoms with Crippen molar-refractivity contribution in [1.29, 1.82) is 0 Å². The van der Waals surface area contributed by atoms with E-state index < -0.39 is 0 Å². The molecule has 0 atom stereocenters. The molecule has 0 spiro atoms. The Labute approximate surface area is 75.9 Å². The molecule has 1 saturated carbocycles. The molecule has 0 saturated heterocycles. The third-order valence-electron chi connectivity index (χ3n) is 2.76. The molecule has 1 rings (SSSR count). The van der Waals surface area contributed by atoms with E-state index in [-0.39, 0.29) is 0 Å². The van der Waals surface area contributed by atoms with Crippen LogP contribution in [0.5, 0.6) is 0 Å². The van der Waals surface area contributed by atoms with E-state index >= 15 is 0 Å². The Hall–Kier alpha value is -0.0800. The zero-order valence-corrected chi connectivity index (χ0v) is 8.02. The molecule has 0 amide bonds. The van der Waals surface area contributed by atoms with Gasteiger partial charge in [-0.25, -0.2) is 0 Å². The number of nitrogens with two attached hydrogens (primary N) is 1. The molecule has 0 aromatic heterocycles. The first kappa shape index (κ1) is 10.0. The molecular weight excluding hydrogens is 148 g/mol. The molecule has 1 aliphatic rings. The van der Waals surface area contributed by atoms with Crippen molar-refractivity contribution >= 4 is 0 Å². The molecule has 0 unspecified atom stereocenters. The van der Waals surface area contributed by atoms with Gasteiger partial charge in [0.2, 0.25) is 0 Å². The van der Waals surface area contributed by atoms with Gasteiger partial charge in [-0.2, -0.15) is 0 Å². The third-order valence-corrected chi connectivity index (χ3v) is 2.76. The molecule has 72 valence electrons. The van der Waals surface area contributed by atoms with Gasteiger partial charge in [-0.3, -0.25) is 0 Å². The van der Waals surface area contributed by atoms with E-state index in [1.165, 1.54) is 38.5 Å². The number of rotatable bonds is 6. The highest BCUT2D eigenvalue weighted by molar-refractivity contribution is 4.67. The van der Waals surface area contributed by atoms with Gasteiger partial charge in [0.1, 0.15) is 0 Å². The minimum Gasteiger partial charge on any atom is -0.329 e. The average molecular weight is 170 g/mol. The summed E-state index contributed by atoms with van der Waals surface area (Å²) in [7, 11) is 0. The van der Waals surface area contributed by atoms with Crippen LogP contribution in [0.4, 0.5) is 0 Å². The monoisotopic (exact) mass is 170 g/mol. The summed E-state index contributed by atoms with van der Waals surface area (Å²) in [5, 5.41) is 3.33. The molecule has 2 heteroatoms. The molecule has 0 heterocycles. The molecule has 0 aliphatic heterocycles. The van der Waals surface area contributed by atoms with Gasteiger partial charge in [0.15, 0.2) is 0 Å². The van der Waals surface area contributed by atoms with Crippen LogP contribution < -0.4 is 11.1 Å². The summed E-state index contributed by atoms with van der Waals surface area (Å²) >= 11 is 0. The predicted molar refractivity (Wildman–Crippen MR) is 53.1 cm³/mol. The Morgan fingerprint density at radius 3 is 2.58 bits per heavy atom. The lowest BCUT2D eigenvalue weighted by Gasteiger charge is -2.08. The van der Waals surface area contributed by atoms with Crippen LogP contribution in [-0.2, 0) is 0 Å². The van der Waals surface area contributed by atoms with Crippen LogP contribution >= 0.6 is 0 Å². The summed E-state index contributed by atoms with van der Waals surface area (Å²) in [6, 6.07) is 0. The second-order valence-corrected chi connectivity index (χ2v) is 3.83. The number of nitrogens with one attached hydrogen (secondary N) is 1. The van der Waals surface area contributed by atoms with Gasteiger partial charge in [-0.05, 0) is 25.3 Å². The number of hydrogen-bond donors (Lipinski definition) is 2. The zero-order valence-electron chi connectivity index (χ0n) is 8.02. The molecule has 0 aromatic rings. The van der Waals surface area contributed by atoms with E-state index in [2.05, 4.69) is 5.32 Å². The minimum absolute atomic E-state index is 0.767. The van der Waals surface area contributed by atoms with Crippen molar-refractivity contribution < 1.29 is 0 Å². The summed E-state index contributed by atoms with van der Waals surface area (Å²) in [4.78, 5) is 0. The quantitative estimate of drug-likeness (QED) is 0.593. The highest BCUT2D eigenvalue weighted by Gasteiger charge is 2.13. The summed E-state index contributed by atoms with van der Waals surface area (Å²) < 4.78 is 0. The normalized spacial score (nSPS) is 18.8. The Morgan fingerprint density at radius 1 is 1.17 bits per heavy atom. The first-order valence-electron chi connectivity index (χ1n) is 5.34. The van der Waals surface area contributed by atoms with Crippen LogP contribution in [0.15, 0.2) is 0 Å². The molecule has 2 nitrogen and oxygen atoms in total. The van der Waals surface area contributed by atoms with E-state index in [1.54, 1.807) is 0 Å². The highest BCUT2D eigenvalue weighted by Crippen LogP contribution is 2.28. The molecule has 0 aromatic carbocycles. The maximum atomic E-state index is 5.37. The maximum absolute atomic E-state index is 5.37. The van der Waals surface area contributed by atoms with Crippen molar-refractivity contribution in [2.75, 3.05) is 19.6 Å². The van der Waals surface area contributed by atoms with Crippen molar-refractivity contribution in [2.24, 2.45) is 11.7 Å². The molecule has 0 bridgehead atoms. The van der Waals surface area contributed by atoms with Crippen LogP contribution in [0.25, 0.3) is 0 Å². The Morgan fingerprint density at radius 2 is 1.92 bits per heavy atom. The lowest BCUT2D eigenvalue weighted by molar-refractivity contribution is 0.472. The average Bonchev–Trinajstić information content (AvgIpc) is 2.57. The predicted octanol–water partition coefficient (Wildman–Crippen LogP) is 1.51. The highest BCUT2D eigenvalue weighted by atomic mass is 14.9. The van der Waals surface area contributed by atoms with Gasteiger partial charge in [-0.15, -0.1) is 0 Å². The summed E-state index contributed by atoms with van der Waals surface area (Å²) in [6.45, 7) is 2.90. The van der Waals surface area contributed by atoms with E-state index in [4.69, 9.17) is 5.73 Å². The maximum Gasteiger partial charge on any atom is 0.00745 e. The fraction of sp³-hybridized carbons (Fsp3) is 1.00. The molecule has 1 fully saturated rings. The summed E-state index contributed by atoms with van der Waals surface area (Å²) in [5.41, 5.74) is 5.37. The third kappa shape index (κ3) is 4.07.